The van der Waals surface area contributed by atoms with Crippen molar-refractivity contribution in [2.45, 2.75) is 12.0 Å². The average Bonchev–Trinajstić information content (AvgIpc) is 2.28. The number of allylic oxidation sites excluding steroid dienone is 1. The van der Waals surface area contributed by atoms with Crippen LogP contribution >= 0.6 is 11.6 Å². The maximum Gasteiger partial charge on any atom is 0.507 e. The maximum absolute atomic E-state index is 10.4. The molecule has 0 aliphatic rings. The van der Waals surface area contributed by atoms with Crippen LogP contribution in [0.4, 0.5) is 4.79 Å². The fraction of sp³-hybridized carbons (Fsp3) is 0.250. The molecule has 1 aromatic rings. The largest absolute Gasteiger partial charge is 0.507 e. The minimum absolute atomic E-state index is 0.476. The summed E-state index contributed by atoms with van der Waals surface area (Å²) >= 11 is 5.81. The van der Waals surface area contributed by atoms with E-state index >= 15 is 0 Å². The van der Waals surface area contributed by atoms with Gasteiger partial charge >= 0.3 is 6.16 Å². The van der Waals surface area contributed by atoms with Crippen molar-refractivity contribution in [1.29, 1.82) is 0 Å². The van der Waals surface area contributed by atoms with E-state index in [1.165, 1.54) is 7.11 Å². The summed E-state index contributed by atoms with van der Waals surface area (Å²) < 4.78 is 9.60. The summed E-state index contributed by atoms with van der Waals surface area (Å²) in [5.74, 6) is 0.491. The van der Waals surface area contributed by atoms with Crippen molar-refractivity contribution in [2.75, 3.05) is 7.11 Å². The first-order chi connectivity index (χ1) is 8.08. The minimum atomic E-state index is -1.43. The Kier molecular flexibility index (Phi) is 4.84. The third-order valence-electron chi connectivity index (χ3n) is 2.13. The lowest BCUT2D eigenvalue weighted by Gasteiger charge is -2.14. The molecule has 0 amide bonds. The molecule has 4 nitrogen and oxygen atoms in total. The highest BCUT2D eigenvalue weighted by Crippen LogP contribution is 2.31. The Morgan fingerprint density at radius 2 is 2.35 bits per heavy atom. The lowest BCUT2D eigenvalue weighted by Crippen LogP contribution is -2.05. The first-order valence-corrected chi connectivity index (χ1v) is 5.33. The van der Waals surface area contributed by atoms with Gasteiger partial charge in [0.15, 0.2) is 0 Å². The van der Waals surface area contributed by atoms with Gasteiger partial charge in [-0.15, -0.1) is 6.58 Å². The van der Waals surface area contributed by atoms with E-state index in [9.17, 15) is 4.79 Å². The number of benzene rings is 1. The zero-order chi connectivity index (χ0) is 12.8. The number of rotatable bonds is 5. The first kappa shape index (κ1) is 13.4. The highest BCUT2D eigenvalue weighted by molar-refractivity contribution is 6.20. The van der Waals surface area contributed by atoms with Crippen LogP contribution in [0.1, 0.15) is 16.7 Å². The third-order valence-corrected chi connectivity index (χ3v) is 2.45. The average molecular weight is 257 g/mol. The van der Waals surface area contributed by atoms with Crippen molar-refractivity contribution in [3.8, 4) is 5.75 Å². The van der Waals surface area contributed by atoms with Crippen LogP contribution in [0.3, 0.4) is 0 Å². The quantitative estimate of drug-likeness (QED) is 0.499. The van der Waals surface area contributed by atoms with Crippen LogP contribution in [0.2, 0.25) is 0 Å². The molecule has 0 aromatic heterocycles. The molecule has 0 saturated heterocycles. The molecule has 1 aromatic carbocycles. The molecule has 0 bridgehead atoms. The van der Waals surface area contributed by atoms with E-state index in [4.69, 9.17) is 21.4 Å². The number of ether oxygens (including phenoxy) is 2. The highest BCUT2D eigenvalue weighted by atomic mass is 35.5. The molecule has 1 atom stereocenters. The van der Waals surface area contributed by atoms with E-state index in [1.807, 2.05) is 6.07 Å². The Balaban J connectivity index is 2.98. The van der Waals surface area contributed by atoms with Gasteiger partial charge in [-0.05, 0) is 18.1 Å². The maximum atomic E-state index is 10.4. The van der Waals surface area contributed by atoms with Gasteiger partial charge in [-0.2, -0.15) is 0 Å². The van der Waals surface area contributed by atoms with Crippen LogP contribution in [0.15, 0.2) is 30.9 Å². The molecule has 17 heavy (non-hydrogen) atoms. The Morgan fingerprint density at radius 1 is 1.65 bits per heavy atom. The van der Waals surface area contributed by atoms with Crippen molar-refractivity contribution in [1.82, 2.24) is 0 Å². The van der Waals surface area contributed by atoms with Gasteiger partial charge < -0.3 is 14.6 Å². The number of hydrogen-bond donors (Lipinski definition) is 1. The third kappa shape index (κ3) is 3.67. The summed E-state index contributed by atoms with van der Waals surface area (Å²) in [6, 6.07) is 5.27. The molecule has 0 spiro atoms. The fourth-order valence-corrected chi connectivity index (χ4v) is 1.65. The number of carbonyl (C=O) groups is 1. The first-order valence-electron chi connectivity index (χ1n) is 4.89. The summed E-state index contributed by atoms with van der Waals surface area (Å²) in [4.78, 5) is 10.4. The van der Waals surface area contributed by atoms with Crippen molar-refractivity contribution in [3.05, 3.63) is 42.0 Å². The summed E-state index contributed by atoms with van der Waals surface area (Å²) in [7, 11) is 1.49. The van der Waals surface area contributed by atoms with E-state index in [1.54, 1.807) is 18.2 Å². The molecule has 0 saturated carbocycles. The Morgan fingerprint density at radius 3 is 2.88 bits per heavy atom. The van der Waals surface area contributed by atoms with Crippen LogP contribution < -0.4 is 4.74 Å². The van der Waals surface area contributed by atoms with Crippen LogP contribution in [-0.4, -0.2) is 18.4 Å². The van der Waals surface area contributed by atoms with Gasteiger partial charge in [-0.1, -0.05) is 29.8 Å². The Bertz CT molecular complexity index is 417. The summed E-state index contributed by atoms with van der Waals surface area (Å²) in [5.41, 5.74) is 0.393. The lowest BCUT2D eigenvalue weighted by molar-refractivity contribution is 0.0791. The smallest absolute Gasteiger partial charge is 0.496 e. The molecular formula is C12H13ClO4. The normalized spacial score (nSPS) is 11.6. The van der Waals surface area contributed by atoms with Crippen molar-refractivity contribution < 1.29 is 19.4 Å². The van der Waals surface area contributed by atoms with Crippen LogP contribution in [0.25, 0.3) is 0 Å². The summed E-state index contributed by atoms with van der Waals surface area (Å²) in [5, 5.41) is 8.49. The molecule has 1 unspecified atom stereocenters. The number of alkyl halides is 1. The predicted octanol–water partition coefficient (Wildman–Crippen LogP) is 3.36. The molecule has 5 heteroatoms. The van der Waals surface area contributed by atoms with E-state index in [0.29, 0.717) is 17.7 Å². The van der Waals surface area contributed by atoms with E-state index in [-0.39, 0.29) is 0 Å². The lowest BCUT2D eigenvalue weighted by atomic mass is 10.1. The molecule has 0 radical (unpaired) electrons. The van der Waals surface area contributed by atoms with E-state index < -0.39 is 11.7 Å². The minimum Gasteiger partial charge on any atom is -0.496 e. The summed E-state index contributed by atoms with van der Waals surface area (Å²) in [6.07, 6.45) is 1.03. The van der Waals surface area contributed by atoms with Crippen LogP contribution in [0.5, 0.6) is 5.75 Å². The molecule has 1 N–H and O–H groups in total. The molecule has 92 valence electrons. The van der Waals surface area contributed by atoms with E-state index in [2.05, 4.69) is 11.3 Å². The zero-order valence-corrected chi connectivity index (χ0v) is 10.1. The van der Waals surface area contributed by atoms with Gasteiger partial charge in [0.25, 0.3) is 0 Å². The van der Waals surface area contributed by atoms with Crippen molar-refractivity contribution in [2.24, 2.45) is 0 Å². The molecule has 0 aliphatic carbocycles. The second kappa shape index (κ2) is 6.15. The van der Waals surface area contributed by atoms with E-state index in [0.717, 1.165) is 5.56 Å². The van der Waals surface area contributed by atoms with Gasteiger partial charge in [-0.3, -0.25) is 0 Å². The van der Waals surface area contributed by atoms with Crippen LogP contribution in [-0.2, 0) is 11.2 Å². The van der Waals surface area contributed by atoms with Crippen LogP contribution in [0, 0.1) is 0 Å². The monoisotopic (exact) mass is 256 g/mol. The molecule has 0 aliphatic heterocycles. The molecule has 0 fully saturated rings. The molecular weight excluding hydrogens is 244 g/mol. The zero-order valence-electron chi connectivity index (χ0n) is 9.35. The van der Waals surface area contributed by atoms with Crippen molar-refractivity contribution >= 4 is 17.8 Å². The predicted molar refractivity (Wildman–Crippen MR) is 64.6 cm³/mol. The van der Waals surface area contributed by atoms with Gasteiger partial charge in [-0.25, -0.2) is 4.79 Å². The second-order valence-electron chi connectivity index (χ2n) is 3.27. The summed E-state index contributed by atoms with van der Waals surface area (Å²) in [6.45, 7) is 3.64. The standard InChI is InChI=1S/C12H13ClO4/c1-3-4-8-5-6-9(10(7-8)16-2)11(13)17-12(14)15/h3,5-7,11H,1,4H2,2H3,(H,14,15). The Hall–Kier alpha value is -1.68. The fourth-order valence-electron chi connectivity index (χ4n) is 1.39. The van der Waals surface area contributed by atoms with Gasteiger partial charge in [0.05, 0.1) is 12.7 Å². The molecule has 1 rings (SSSR count). The Labute approximate surface area is 104 Å². The number of halogens is 1. The number of carboxylic acid groups (broad SMARTS) is 1. The van der Waals surface area contributed by atoms with Crippen molar-refractivity contribution in [3.63, 3.8) is 0 Å². The highest BCUT2D eigenvalue weighted by Gasteiger charge is 2.17. The molecule has 0 heterocycles. The topological polar surface area (TPSA) is 55.8 Å². The van der Waals surface area contributed by atoms with Gasteiger partial charge in [0.2, 0.25) is 5.56 Å². The number of methoxy groups -OCH3 is 1. The van der Waals surface area contributed by atoms with Gasteiger partial charge in [0, 0.05) is 0 Å². The van der Waals surface area contributed by atoms with Gasteiger partial charge in [0.1, 0.15) is 5.75 Å². The SMILES string of the molecule is C=CCc1ccc(C(Cl)OC(=O)O)c(OC)c1. The number of hydrogen-bond acceptors (Lipinski definition) is 3. The second-order valence-corrected chi connectivity index (χ2v) is 3.67.